The number of hydrogen-bond acceptors (Lipinski definition) is 4. The van der Waals surface area contributed by atoms with Crippen LogP contribution in [0, 0.1) is 17.2 Å². The Morgan fingerprint density at radius 2 is 2.12 bits per heavy atom. The Labute approximate surface area is 146 Å². The quantitative estimate of drug-likeness (QED) is 0.726. The first kappa shape index (κ1) is 15.2. The van der Waals surface area contributed by atoms with Crippen LogP contribution in [0.5, 0.6) is 0 Å². The molecule has 0 bridgehead atoms. The van der Waals surface area contributed by atoms with Crippen molar-refractivity contribution in [2.45, 2.75) is 31.1 Å². The second-order valence-corrected chi connectivity index (χ2v) is 7.14. The van der Waals surface area contributed by atoms with Crippen molar-refractivity contribution in [3.05, 3.63) is 53.1 Å². The van der Waals surface area contributed by atoms with Crippen molar-refractivity contribution in [3.8, 4) is 6.07 Å². The lowest BCUT2D eigenvalue weighted by atomic mass is 9.64. The first-order chi connectivity index (χ1) is 11.6. The monoisotopic (exact) mass is 332 g/mol. The van der Waals surface area contributed by atoms with Gasteiger partial charge < -0.3 is 0 Å². The van der Waals surface area contributed by atoms with Crippen molar-refractivity contribution in [2.75, 3.05) is 0 Å². The third-order valence-electron chi connectivity index (χ3n) is 5.37. The molecule has 3 nitrogen and oxygen atoms in total. The van der Waals surface area contributed by atoms with Gasteiger partial charge in [-0.2, -0.15) is 5.26 Å². The van der Waals surface area contributed by atoms with Crippen LogP contribution in [0.2, 0.25) is 0 Å². The Morgan fingerprint density at radius 3 is 2.92 bits per heavy atom. The van der Waals surface area contributed by atoms with Crippen molar-refractivity contribution < 1.29 is 4.79 Å². The largest absolute Gasteiger partial charge is 0.298 e. The molecule has 1 spiro atoms. The first-order valence-corrected chi connectivity index (χ1v) is 8.57. The van der Waals surface area contributed by atoms with Crippen molar-refractivity contribution >= 4 is 34.8 Å². The highest BCUT2D eigenvalue weighted by atomic mass is 32.1. The summed E-state index contributed by atoms with van der Waals surface area (Å²) in [5.41, 5.74) is 3.19. The highest BCUT2D eigenvalue weighted by molar-refractivity contribution is 7.80. The fourth-order valence-electron chi connectivity index (χ4n) is 4.05. The fraction of sp³-hybridized carbons (Fsp3) is 0.300. The number of rotatable bonds is 1. The van der Waals surface area contributed by atoms with Crippen LogP contribution in [0.15, 0.2) is 52.6 Å². The Hall–Kier alpha value is -2.38. The number of carbonyl (C=O) groups is 1. The molecule has 2 aliphatic carbocycles. The van der Waals surface area contributed by atoms with E-state index in [-0.39, 0.29) is 5.78 Å². The minimum Gasteiger partial charge on any atom is -0.298 e. The van der Waals surface area contributed by atoms with Crippen LogP contribution in [0.3, 0.4) is 0 Å². The van der Waals surface area contributed by atoms with E-state index in [9.17, 15) is 4.79 Å². The van der Waals surface area contributed by atoms with Gasteiger partial charge in [-0.3, -0.25) is 9.79 Å². The molecule has 1 heterocycles. The molecule has 1 aliphatic heterocycles. The maximum absolute atomic E-state index is 12.8. The molecule has 4 heteroatoms. The number of ketones is 1. The van der Waals surface area contributed by atoms with Crippen LogP contribution in [0.1, 0.15) is 31.2 Å². The number of nitriles is 1. The average Bonchev–Trinajstić information content (AvgIpc) is 2.97. The van der Waals surface area contributed by atoms with Crippen molar-refractivity contribution in [2.24, 2.45) is 10.9 Å². The van der Waals surface area contributed by atoms with Gasteiger partial charge >= 0.3 is 0 Å². The van der Waals surface area contributed by atoms with Gasteiger partial charge in [-0.25, -0.2) is 0 Å². The Kier molecular flexibility index (Phi) is 3.54. The number of fused-ring (bicyclic) bond motifs is 2. The van der Waals surface area contributed by atoms with E-state index in [1.54, 1.807) is 0 Å². The number of nitrogens with zero attached hydrogens (tertiary/aromatic N) is 2. The van der Waals surface area contributed by atoms with E-state index in [2.05, 4.69) is 11.1 Å². The zero-order chi connectivity index (χ0) is 16.7. The summed E-state index contributed by atoms with van der Waals surface area (Å²) >= 11 is 5.36. The Balaban J connectivity index is 1.69. The number of thiocarbonyl (C=S) groups is 1. The highest BCUT2D eigenvalue weighted by Crippen LogP contribution is 2.48. The van der Waals surface area contributed by atoms with Crippen molar-refractivity contribution in [3.63, 3.8) is 0 Å². The molecule has 1 saturated carbocycles. The minimum atomic E-state index is -0.582. The molecule has 0 aromatic heterocycles. The van der Waals surface area contributed by atoms with E-state index in [0.717, 1.165) is 24.1 Å². The van der Waals surface area contributed by atoms with E-state index in [0.29, 0.717) is 29.2 Å². The van der Waals surface area contributed by atoms with Crippen LogP contribution in [-0.4, -0.2) is 16.9 Å². The second kappa shape index (κ2) is 5.61. The van der Waals surface area contributed by atoms with Gasteiger partial charge in [-0.15, -0.1) is 0 Å². The Morgan fingerprint density at radius 1 is 1.29 bits per heavy atom. The summed E-state index contributed by atoms with van der Waals surface area (Å²) in [6.45, 7) is 0. The summed E-state index contributed by atoms with van der Waals surface area (Å²) in [5.74, 6) is 0.564. The summed E-state index contributed by atoms with van der Waals surface area (Å²) in [5, 5.41) is 9.07. The van der Waals surface area contributed by atoms with Gasteiger partial charge in [0.15, 0.2) is 0 Å². The molecule has 1 aromatic rings. The lowest BCUT2D eigenvalue weighted by Gasteiger charge is -2.37. The number of benzene rings is 1. The lowest BCUT2D eigenvalue weighted by molar-refractivity contribution is -0.124. The first-order valence-electron chi connectivity index (χ1n) is 8.16. The molecule has 0 N–H and O–H groups in total. The topological polar surface area (TPSA) is 53.2 Å². The maximum Gasteiger partial charge on any atom is 0.148 e. The van der Waals surface area contributed by atoms with Gasteiger partial charge in [0.1, 0.15) is 11.9 Å². The molecule has 2 atom stereocenters. The molecular weight excluding hydrogens is 316 g/mol. The van der Waals surface area contributed by atoms with Crippen LogP contribution < -0.4 is 0 Å². The SMILES string of the molecule is N#CC1=CC=C(C2CCC(=O)C3(C=Nc4ccccc43)C2)CC1=S. The molecule has 3 aliphatic rings. The standard InChI is InChI=1S/C20H16N2OS/c21-11-15-6-5-13(9-18(15)24)14-7-8-19(23)20(10-14)12-22-17-4-2-1-3-16(17)20/h1-6,12,14H,7-10H2. The van der Waals surface area contributed by atoms with Gasteiger partial charge in [0.2, 0.25) is 0 Å². The maximum atomic E-state index is 12.8. The second-order valence-electron chi connectivity index (χ2n) is 6.64. The van der Waals surface area contributed by atoms with Gasteiger partial charge in [-0.05, 0) is 36.5 Å². The minimum absolute atomic E-state index is 0.264. The van der Waals surface area contributed by atoms with E-state index < -0.39 is 5.41 Å². The zero-order valence-corrected chi connectivity index (χ0v) is 14.0. The van der Waals surface area contributed by atoms with Crippen LogP contribution in [-0.2, 0) is 10.2 Å². The number of para-hydroxylation sites is 1. The summed E-state index contributed by atoms with van der Waals surface area (Å²) in [7, 11) is 0. The van der Waals surface area contributed by atoms with Crippen molar-refractivity contribution in [1.82, 2.24) is 0 Å². The van der Waals surface area contributed by atoms with Gasteiger partial charge in [0.05, 0.1) is 16.7 Å². The third-order valence-corrected chi connectivity index (χ3v) is 5.73. The van der Waals surface area contributed by atoms with Crippen LogP contribution in [0.4, 0.5) is 5.69 Å². The molecule has 2 unspecified atom stereocenters. The fourth-order valence-corrected chi connectivity index (χ4v) is 4.33. The summed E-state index contributed by atoms with van der Waals surface area (Å²) in [6.07, 6.45) is 8.51. The zero-order valence-electron chi connectivity index (χ0n) is 13.2. The molecule has 1 fully saturated rings. The van der Waals surface area contributed by atoms with Gasteiger partial charge in [-0.1, -0.05) is 42.1 Å². The predicted molar refractivity (Wildman–Crippen MR) is 97.6 cm³/mol. The molecule has 0 saturated heterocycles. The molecule has 118 valence electrons. The summed E-state index contributed by atoms with van der Waals surface area (Å²) in [6, 6.07) is 10.1. The Bertz CT molecular complexity index is 887. The number of Topliss-reactive ketones (excluding diaryl/α,β-unsaturated/α-hetero) is 1. The predicted octanol–water partition coefficient (Wildman–Crippen LogP) is 4.16. The van der Waals surface area contributed by atoms with Crippen LogP contribution in [0.25, 0.3) is 0 Å². The van der Waals surface area contributed by atoms with E-state index in [4.69, 9.17) is 17.5 Å². The highest BCUT2D eigenvalue weighted by Gasteiger charge is 2.47. The van der Waals surface area contributed by atoms with E-state index in [1.165, 1.54) is 5.57 Å². The van der Waals surface area contributed by atoms with Gasteiger partial charge in [0, 0.05) is 23.9 Å². The molecular formula is C20H16N2OS. The number of allylic oxidation sites excluding steroid dienone is 4. The summed E-state index contributed by atoms with van der Waals surface area (Å²) < 4.78 is 0. The number of carbonyl (C=O) groups excluding carboxylic acids is 1. The van der Waals surface area contributed by atoms with Crippen LogP contribution >= 0.6 is 12.2 Å². The molecule has 0 radical (unpaired) electrons. The molecule has 4 rings (SSSR count). The molecule has 0 amide bonds. The number of aliphatic imine (C=N–C) groups is 1. The average molecular weight is 332 g/mol. The van der Waals surface area contributed by atoms with Gasteiger partial charge in [0.25, 0.3) is 0 Å². The number of hydrogen-bond donors (Lipinski definition) is 0. The lowest BCUT2D eigenvalue weighted by Crippen LogP contribution is -2.42. The summed E-state index contributed by atoms with van der Waals surface area (Å²) in [4.78, 5) is 18.0. The smallest absolute Gasteiger partial charge is 0.148 e. The molecule has 24 heavy (non-hydrogen) atoms. The third kappa shape index (κ3) is 2.20. The normalized spacial score (nSPS) is 28.4. The van der Waals surface area contributed by atoms with E-state index >= 15 is 0 Å². The van der Waals surface area contributed by atoms with Crippen molar-refractivity contribution in [1.29, 1.82) is 5.26 Å². The van der Waals surface area contributed by atoms with E-state index in [1.807, 2.05) is 42.6 Å². The molecule has 1 aromatic carbocycles.